The Hall–Kier alpha value is -2.92. The summed E-state index contributed by atoms with van der Waals surface area (Å²) in [6, 6.07) is 16.3. The number of anilines is 1. The van der Waals surface area contributed by atoms with Gasteiger partial charge in [-0.2, -0.15) is 0 Å². The maximum absolute atomic E-state index is 11.7. The van der Waals surface area contributed by atoms with E-state index < -0.39 is 6.10 Å². The van der Waals surface area contributed by atoms with E-state index in [2.05, 4.69) is 27.0 Å². The number of nitrogens with zero attached hydrogens (tertiary/aromatic N) is 2. The predicted molar refractivity (Wildman–Crippen MR) is 106 cm³/mol. The van der Waals surface area contributed by atoms with Crippen LogP contribution in [0.3, 0.4) is 0 Å². The lowest BCUT2D eigenvalue weighted by Gasteiger charge is -2.18. The summed E-state index contributed by atoms with van der Waals surface area (Å²) in [7, 11) is 0. The zero-order valence-electron chi connectivity index (χ0n) is 15.4. The largest absolute Gasteiger partial charge is 0.393 e. The molecule has 1 aromatic heterocycles. The maximum atomic E-state index is 11.7. The van der Waals surface area contributed by atoms with Crippen LogP contribution >= 0.6 is 0 Å². The van der Waals surface area contributed by atoms with E-state index in [0.717, 1.165) is 34.6 Å². The molecule has 0 aliphatic carbocycles. The Morgan fingerprint density at radius 1 is 1.19 bits per heavy atom. The van der Waals surface area contributed by atoms with Crippen LogP contribution in [-0.2, 0) is 24.2 Å². The smallest absolute Gasteiger partial charge is 0.224 e. The van der Waals surface area contributed by atoms with Gasteiger partial charge < -0.3 is 15.0 Å². The third-order valence-electron chi connectivity index (χ3n) is 4.90. The lowest BCUT2D eigenvalue weighted by atomic mass is 10.0. The third-order valence-corrected chi connectivity index (χ3v) is 4.90. The Kier molecular flexibility index (Phi) is 4.77. The zero-order valence-corrected chi connectivity index (χ0v) is 15.4. The molecule has 1 amide bonds. The highest BCUT2D eigenvalue weighted by molar-refractivity contribution is 5.93. The van der Waals surface area contributed by atoms with Crippen molar-refractivity contribution < 1.29 is 9.90 Å². The van der Waals surface area contributed by atoms with Gasteiger partial charge in [0.05, 0.1) is 18.1 Å². The van der Waals surface area contributed by atoms with Gasteiger partial charge in [0.25, 0.3) is 0 Å². The van der Waals surface area contributed by atoms with E-state index in [-0.39, 0.29) is 5.91 Å². The minimum atomic E-state index is -0.453. The monoisotopic (exact) mass is 361 g/mol. The highest BCUT2D eigenvalue weighted by atomic mass is 16.3. The fourth-order valence-corrected chi connectivity index (χ4v) is 3.59. The lowest BCUT2D eigenvalue weighted by Crippen LogP contribution is -2.19. The van der Waals surface area contributed by atoms with Crippen LogP contribution in [0.4, 0.5) is 5.69 Å². The molecular formula is C22H23N3O2. The van der Waals surface area contributed by atoms with Crippen molar-refractivity contribution in [2.75, 3.05) is 5.32 Å². The molecule has 0 saturated carbocycles. The van der Waals surface area contributed by atoms with E-state index in [0.29, 0.717) is 19.4 Å². The van der Waals surface area contributed by atoms with Crippen molar-refractivity contribution in [3.8, 4) is 11.3 Å². The predicted octanol–water partition coefficient (Wildman–Crippen LogP) is 3.41. The summed E-state index contributed by atoms with van der Waals surface area (Å²) in [6.07, 6.45) is 3.25. The Balaban J connectivity index is 1.67. The first-order chi connectivity index (χ1) is 13.1. The van der Waals surface area contributed by atoms with Crippen molar-refractivity contribution >= 4 is 11.6 Å². The number of rotatable bonds is 5. The van der Waals surface area contributed by atoms with Crippen molar-refractivity contribution in [1.82, 2.24) is 9.55 Å². The molecule has 0 radical (unpaired) electrons. The van der Waals surface area contributed by atoms with Crippen LogP contribution in [0.25, 0.3) is 11.3 Å². The molecule has 2 N–H and O–H groups in total. The summed E-state index contributed by atoms with van der Waals surface area (Å²) in [6.45, 7) is 2.44. The number of aliphatic hydroxyl groups is 1. The average Bonchev–Trinajstić information content (AvgIpc) is 3.04. The molecule has 2 aromatic carbocycles. The molecule has 27 heavy (non-hydrogen) atoms. The normalized spacial score (nSPS) is 14.5. The van der Waals surface area contributed by atoms with Crippen molar-refractivity contribution in [3.05, 3.63) is 71.7 Å². The van der Waals surface area contributed by atoms with Gasteiger partial charge in [-0.3, -0.25) is 4.79 Å². The number of fused-ring (bicyclic) bond motifs is 1. The van der Waals surface area contributed by atoms with Gasteiger partial charge in [-0.05, 0) is 30.5 Å². The number of imidazole rings is 1. The number of carbonyl (C=O) groups excluding carboxylic acids is 1. The fraction of sp³-hybridized carbons (Fsp3) is 0.273. The Labute approximate surface area is 158 Å². The molecule has 0 spiro atoms. The van der Waals surface area contributed by atoms with Gasteiger partial charge in [0, 0.05) is 36.3 Å². The molecule has 1 atom stereocenters. The lowest BCUT2D eigenvalue weighted by molar-refractivity contribution is -0.116. The van der Waals surface area contributed by atoms with Gasteiger partial charge >= 0.3 is 0 Å². The van der Waals surface area contributed by atoms with Crippen LogP contribution in [0.15, 0.2) is 54.9 Å². The van der Waals surface area contributed by atoms with E-state index in [9.17, 15) is 9.90 Å². The topological polar surface area (TPSA) is 67.2 Å². The SMILES string of the molecule is CC(O)Cc1c(-c2ccccc2)ncn1Cc1ccc2c(c1)NC(=O)CC2. The number of benzene rings is 2. The first kappa shape index (κ1) is 17.5. The number of carbonyl (C=O) groups is 1. The molecule has 1 aliphatic rings. The van der Waals surface area contributed by atoms with Gasteiger partial charge in [0.15, 0.2) is 0 Å². The molecule has 3 aromatic rings. The minimum Gasteiger partial charge on any atom is -0.393 e. The molecule has 0 fully saturated rings. The van der Waals surface area contributed by atoms with E-state index in [1.54, 1.807) is 6.92 Å². The summed E-state index contributed by atoms with van der Waals surface area (Å²) in [4.78, 5) is 16.3. The zero-order chi connectivity index (χ0) is 18.8. The molecule has 4 rings (SSSR count). The van der Waals surface area contributed by atoms with Crippen LogP contribution in [0.5, 0.6) is 0 Å². The van der Waals surface area contributed by atoms with Crippen molar-refractivity contribution in [2.45, 2.75) is 38.8 Å². The second-order valence-corrected chi connectivity index (χ2v) is 7.13. The number of amides is 1. The molecule has 138 valence electrons. The van der Waals surface area contributed by atoms with E-state index in [4.69, 9.17) is 0 Å². The van der Waals surface area contributed by atoms with Gasteiger partial charge in [0.2, 0.25) is 5.91 Å². The summed E-state index contributed by atoms with van der Waals surface area (Å²) in [5.41, 5.74) is 6.15. The highest BCUT2D eigenvalue weighted by Gasteiger charge is 2.17. The van der Waals surface area contributed by atoms with Crippen LogP contribution in [-0.4, -0.2) is 26.7 Å². The minimum absolute atomic E-state index is 0.0726. The van der Waals surface area contributed by atoms with Crippen molar-refractivity contribution in [2.24, 2.45) is 0 Å². The maximum Gasteiger partial charge on any atom is 0.224 e. The Morgan fingerprint density at radius 2 is 2.00 bits per heavy atom. The molecule has 0 saturated heterocycles. The molecule has 1 aliphatic heterocycles. The standard InChI is InChI=1S/C22H23N3O2/c1-15(26)11-20-22(18-5-3-2-4-6-18)23-14-25(20)13-16-7-8-17-9-10-21(27)24-19(17)12-16/h2-8,12,14-15,26H,9-11,13H2,1H3,(H,24,27). The van der Waals surface area contributed by atoms with Crippen molar-refractivity contribution in [1.29, 1.82) is 0 Å². The van der Waals surface area contributed by atoms with Gasteiger partial charge in [-0.15, -0.1) is 0 Å². The number of nitrogens with one attached hydrogen (secondary N) is 1. The quantitative estimate of drug-likeness (QED) is 0.732. The van der Waals surface area contributed by atoms with E-state index in [1.165, 1.54) is 5.56 Å². The Morgan fingerprint density at radius 3 is 2.78 bits per heavy atom. The van der Waals surface area contributed by atoms with E-state index >= 15 is 0 Å². The summed E-state index contributed by atoms with van der Waals surface area (Å²) >= 11 is 0. The first-order valence-electron chi connectivity index (χ1n) is 9.29. The van der Waals surface area contributed by atoms with Crippen LogP contribution in [0.2, 0.25) is 0 Å². The number of aliphatic hydroxyl groups excluding tert-OH is 1. The summed E-state index contributed by atoms with van der Waals surface area (Å²) in [5, 5.41) is 12.9. The van der Waals surface area contributed by atoms with Gasteiger partial charge in [0.1, 0.15) is 0 Å². The first-order valence-corrected chi connectivity index (χ1v) is 9.29. The summed E-state index contributed by atoms with van der Waals surface area (Å²) < 4.78 is 2.08. The number of hydrogen-bond donors (Lipinski definition) is 2. The number of hydrogen-bond acceptors (Lipinski definition) is 3. The molecular weight excluding hydrogens is 338 g/mol. The third kappa shape index (κ3) is 3.78. The molecule has 2 heterocycles. The second-order valence-electron chi connectivity index (χ2n) is 7.13. The second kappa shape index (κ2) is 7.37. The molecule has 0 bridgehead atoms. The van der Waals surface area contributed by atoms with Crippen molar-refractivity contribution in [3.63, 3.8) is 0 Å². The molecule has 5 heteroatoms. The van der Waals surface area contributed by atoms with Gasteiger partial charge in [-0.1, -0.05) is 42.5 Å². The van der Waals surface area contributed by atoms with Crippen LogP contribution in [0, 0.1) is 0 Å². The van der Waals surface area contributed by atoms with Gasteiger partial charge in [-0.25, -0.2) is 4.98 Å². The number of aryl methyl sites for hydroxylation is 1. The van der Waals surface area contributed by atoms with Crippen LogP contribution in [0.1, 0.15) is 30.2 Å². The highest BCUT2D eigenvalue weighted by Crippen LogP contribution is 2.27. The van der Waals surface area contributed by atoms with Crippen LogP contribution < -0.4 is 5.32 Å². The Bertz CT molecular complexity index is 961. The fourth-order valence-electron chi connectivity index (χ4n) is 3.59. The molecule has 1 unspecified atom stereocenters. The van der Waals surface area contributed by atoms with E-state index in [1.807, 2.05) is 42.7 Å². The number of aromatic nitrogens is 2. The average molecular weight is 361 g/mol. The molecule has 5 nitrogen and oxygen atoms in total. The summed E-state index contributed by atoms with van der Waals surface area (Å²) in [5.74, 6) is 0.0726.